The molecule has 0 radical (unpaired) electrons. The predicted octanol–water partition coefficient (Wildman–Crippen LogP) is 3.26. The maximum Gasteiger partial charge on any atom is 0.307 e. The molecule has 1 heterocycles. The Kier molecular flexibility index (Phi) is 7.41. The molecule has 6 heteroatoms. The molecule has 0 amide bonds. The summed E-state index contributed by atoms with van der Waals surface area (Å²) in [5.41, 5.74) is 0. The fraction of sp³-hybridized carbons (Fsp3) is 0.929. The lowest BCUT2D eigenvalue weighted by Crippen LogP contribution is -2.55. The molecule has 0 N–H and O–H groups in total. The van der Waals surface area contributed by atoms with Crippen LogP contribution in [0.1, 0.15) is 45.4 Å². The number of halogens is 1. The van der Waals surface area contributed by atoms with Crippen molar-refractivity contribution in [2.24, 2.45) is 0 Å². The first-order valence-electron chi connectivity index (χ1n) is 7.69. The molecule has 20 heavy (non-hydrogen) atoms. The van der Waals surface area contributed by atoms with E-state index in [1.165, 1.54) is 32.1 Å². The van der Waals surface area contributed by atoms with Gasteiger partial charge < -0.3 is 4.74 Å². The van der Waals surface area contributed by atoms with Crippen molar-refractivity contribution in [3.05, 3.63) is 0 Å². The second-order valence-corrected chi connectivity index (χ2v) is 7.49. The highest BCUT2D eigenvalue weighted by molar-refractivity contribution is 14.2. The third-order valence-corrected chi connectivity index (χ3v) is 6.54. The number of esters is 1. The van der Waals surface area contributed by atoms with Crippen LogP contribution in [0, 0.1) is 0 Å². The lowest BCUT2D eigenvalue weighted by Gasteiger charge is -2.45. The van der Waals surface area contributed by atoms with Crippen molar-refractivity contribution in [1.29, 1.82) is 0 Å². The normalized spacial score (nSPS) is 26.6. The molecule has 4 nitrogen and oxygen atoms in total. The molecular formula is C14H25IN2O2S. The van der Waals surface area contributed by atoms with Gasteiger partial charge in [-0.2, -0.15) is 0 Å². The van der Waals surface area contributed by atoms with Crippen molar-refractivity contribution in [1.82, 2.24) is 9.21 Å². The summed E-state index contributed by atoms with van der Waals surface area (Å²) in [6, 6.07) is 1.01. The van der Waals surface area contributed by atoms with Crippen LogP contribution in [0.2, 0.25) is 0 Å². The monoisotopic (exact) mass is 412 g/mol. The molecule has 2 rings (SSSR count). The molecule has 1 aliphatic carbocycles. The average Bonchev–Trinajstić information content (AvgIpc) is 2.48. The standard InChI is InChI=1S/C14H25IN2O2S/c1-2-19-14(18)10-13-11-16(20-15)8-9-17(13)12-6-4-3-5-7-12/h12-13H,2-11H2,1H3. The Hall–Kier alpha value is 0.470. The molecule has 1 saturated heterocycles. The van der Waals surface area contributed by atoms with Crippen LogP contribution < -0.4 is 0 Å². The van der Waals surface area contributed by atoms with Gasteiger partial charge in [0, 0.05) is 52.9 Å². The minimum absolute atomic E-state index is 0.0429. The average molecular weight is 412 g/mol. The third kappa shape index (κ3) is 4.74. The summed E-state index contributed by atoms with van der Waals surface area (Å²) in [5, 5.41) is 0. The molecule has 0 bridgehead atoms. The van der Waals surface area contributed by atoms with Gasteiger partial charge in [0.05, 0.1) is 13.0 Å². The topological polar surface area (TPSA) is 32.8 Å². The molecule has 2 fully saturated rings. The van der Waals surface area contributed by atoms with Crippen molar-refractivity contribution in [2.75, 3.05) is 26.2 Å². The van der Waals surface area contributed by atoms with E-state index in [-0.39, 0.29) is 5.97 Å². The third-order valence-electron chi connectivity index (χ3n) is 4.34. The first kappa shape index (κ1) is 16.8. The SMILES string of the molecule is CCOC(=O)CC1CN(SI)CCN1C1CCCCC1. The van der Waals surface area contributed by atoms with Crippen molar-refractivity contribution in [2.45, 2.75) is 57.5 Å². The van der Waals surface area contributed by atoms with E-state index in [4.69, 9.17) is 4.74 Å². The highest BCUT2D eigenvalue weighted by atomic mass is 127. The van der Waals surface area contributed by atoms with Crippen LogP contribution in [-0.4, -0.2) is 53.5 Å². The highest BCUT2D eigenvalue weighted by Crippen LogP contribution is 2.30. The van der Waals surface area contributed by atoms with Gasteiger partial charge in [-0.05, 0) is 28.9 Å². The molecule has 116 valence electrons. The summed E-state index contributed by atoms with van der Waals surface area (Å²) in [4.78, 5) is 14.5. The van der Waals surface area contributed by atoms with E-state index < -0.39 is 0 Å². The Morgan fingerprint density at radius 3 is 2.70 bits per heavy atom. The zero-order valence-electron chi connectivity index (χ0n) is 12.2. The first-order valence-corrected chi connectivity index (χ1v) is 11.0. The number of carbonyl (C=O) groups excluding carboxylic acids is 1. The molecule has 2 aliphatic rings. The first-order chi connectivity index (χ1) is 9.74. The van der Waals surface area contributed by atoms with Crippen LogP contribution in [0.15, 0.2) is 0 Å². The van der Waals surface area contributed by atoms with Gasteiger partial charge in [-0.25, -0.2) is 4.31 Å². The highest BCUT2D eigenvalue weighted by Gasteiger charge is 2.34. The van der Waals surface area contributed by atoms with E-state index in [9.17, 15) is 4.79 Å². The van der Waals surface area contributed by atoms with Gasteiger partial charge >= 0.3 is 5.97 Å². The van der Waals surface area contributed by atoms with E-state index in [1.54, 1.807) is 9.12 Å². The summed E-state index contributed by atoms with van der Waals surface area (Å²) in [6.45, 7) is 5.53. The molecule has 1 aliphatic heterocycles. The number of hydrogen-bond donors (Lipinski definition) is 0. The predicted molar refractivity (Wildman–Crippen MR) is 91.8 cm³/mol. The van der Waals surface area contributed by atoms with Gasteiger partial charge in [-0.15, -0.1) is 0 Å². The van der Waals surface area contributed by atoms with Gasteiger partial charge in [-0.1, -0.05) is 19.3 Å². The molecule has 0 spiro atoms. The Morgan fingerprint density at radius 1 is 1.30 bits per heavy atom. The Balaban J connectivity index is 1.96. The second kappa shape index (κ2) is 8.80. The van der Waals surface area contributed by atoms with Gasteiger partial charge in [0.25, 0.3) is 0 Å². The lowest BCUT2D eigenvalue weighted by molar-refractivity contribution is -0.145. The molecule has 0 aromatic rings. The van der Waals surface area contributed by atoms with Gasteiger partial charge in [0.1, 0.15) is 0 Å². The van der Waals surface area contributed by atoms with Crippen molar-refractivity contribution in [3.63, 3.8) is 0 Å². The number of nitrogens with zero attached hydrogens (tertiary/aromatic N) is 2. The van der Waals surface area contributed by atoms with Crippen molar-refractivity contribution >= 4 is 36.3 Å². The van der Waals surface area contributed by atoms with E-state index in [0.717, 1.165) is 19.6 Å². The van der Waals surface area contributed by atoms with E-state index >= 15 is 0 Å². The molecule has 0 aromatic heterocycles. The summed E-state index contributed by atoms with van der Waals surface area (Å²) in [6.07, 6.45) is 7.21. The number of carbonyl (C=O) groups is 1. The van der Waals surface area contributed by atoms with Gasteiger partial charge in [-0.3, -0.25) is 9.69 Å². The number of hydrogen-bond acceptors (Lipinski definition) is 5. The fourth-order valence-electron chi connectivity index (χ4n) is 3.39. The molecule has 1 unspecified atom stereocenters. The van der Waals surface area contributed by atoms with E-state index in [1.807, 2.05) is 6.92 Å². The second-order valence-electron chi connectivity index (χ2n) is 5.65. The molecule has 1 saturated carbocycles. The van der Waals surface area contributed by atoms with E-state index in [2.05, 4.69) is 30.4 Å². The Bertz CT molecular complexity index is 314. The van der Waals surface area contributed by atoms with Crippen LogP contribution in [0.3, 0.4) is 0 Å². The summed E-state index contributed by atoms with van der Waals surface area (Å²) < 4.78 is 7.52. The smallest absolute Gasteiger partial charge is 0.307 e. The number of rotatable bonds is 5. The summed E-state index contributed by atoms with van der Waals surface area (Å²) >= 11 is 2.34. The van der Waals surface area contributed by atoms with Crippen molar-refractivity contribution in [3.8, 4) is 0 Å². The maximum atomic E-state index is 11.9. The minimum Gasteiger partial charge on any atom is -0.466 e. The van der Waals surface area contributed by atoms with Crippen molar-refractivity contribution < 1.29 is 9.53 Å². The number of piperazine rings is 1. The lowest BCUT2D eigenvalue weighted by atomic mass is 9.92. The van der Waals surface area contributed by atoms with Crippen LogP contribution in [0.5, 0.6) is 0 Å². The molecule has 0 aromatic carbocycles. The Labute approximate surface area is 138 Å². The van der Waals surface area contributed by atoms with Crippen LogP contribution >= 0.6 is 30.3 Å². The zero-order valence-corrected chi connectivity index (χ0v) is 15.2. The summed E-state index contributed by atoms with van der Waals surface area (Å²) in [5.74, 6) is -0.0429. The molecule has 1 atom stereocenters. The van der Waals surface area contributed by atoms with E-state index in [0.29, 0.717) is 25.1 Å². The van der Waals surface area contributed by atoms with Crippen LogP contribution in [0.4, 0.5) is 0 Å². The number of ether oxygens (including phenoxy) is 1. The van der Waals surface area contributed by atoms with Gasteiger partial charge in [0.15, 0.2) is 0 Å². The quantitative estimate of drug-likeness (QED) is 0.393. The Morgan fingerprint density at radius 2 is 2.05 bits per heavy atom. The minimum atomic E-state index is -0.0429. The van der Waals surface area contributed by atoms with Crippen LogP contribution in [-0.2, 0) is 9.53 Å². The fourth-order valence-corrected chi connectivity index (χ4v) is 4.84. The summed E-state index contributed by atoms with van der Waals surface area (Å²) in [7, 11) is 1.76. The van der Waals surface area contributed by atoms with Gasteiger partial charge in [0.2, 0.25) is 0 Å². The maximum absolute atomic E-state index is 11.9. The molecular weight excluding hydrogens is 387 g/mol. The zero-order chi connectivity index (χ0) is 14.4. The van der Waals surface area contributed by atoms with Crippen LogP contribution in [0.25, 0.3) is 0 Å². The largest absolute Gasteiger partial charge is 0.466 e.